The van der Waals surface area contributed by atoms with Gasteiger partial charge in [-0.15, -0.1) is 11.3 Å². The summed E-state index contributed by atoms with van der Waals surface area (Å²) >= 11 is 1.44. The van der Waals surface area contributed by atoms with Crippen LogP contribution >= 0.6 is 11.3 Å². The molecule has 1 aromatic rings. The zero-order valence-corrected chi connectivity index (χ0v) is 9.75. The SMILES string of the molecule is CCN(CC(C)C#N)C(=O)c1cccs1. The van der Waals surface area contributed by atoms with Crippen LogP contribution in [0.3, 0.4) is 0 Å². The van der Waals surface area contributed by atoms with Crippen LogP contribution < -0.4 is 0 Å². The molecule has 0 aromatic carbocycles. The lowest BCUT2D eigenvalue weighted by atomic mass is 10.2. The molecular weight excluding hydrogens is 208 g/mol. The van der Waals surface area contributed by atoms with Crippen molar-refractivity contribution < 1.29 is 4.79 Å². The summed E-state index contributed by atoms with van der Waals surface area (Å²) in [6, 6.07) is 5.81. The second kappa shape index (κ2) is 5.52. The highest BCUT2D eigenvalue weighted by Gasteiger charge is 2.16. The van der Waals surface area contributed by atoms with Crippen molar-refractivity contribution in [2.45, 2.75) is 13.8 Å². The lowest BCUT2D eigenvalue weighted by molar-refractivity contribution is 0.0757. The standard InChI is InChI=1S/C11H14N2OS/c1-3-13(8-9(2)7-12)11(14)10-5-4-6-15-10/h4-6,9H,3,8H2,1-2H3. The first-order valence-corrected chi connectivity index (χ1v) is 5.79. The van der Waals surface area contributed by atoms with Crippen molar-refractivity contribution in [1.29, 1.82) is 5.26 Å². The number of nitrogens with zero attached hydrogens (tertiary/aromatic N) is 2. The van der Waals surface area contributed by atoms with Crippen LogP contribution in [0, 0.1) is 17.2 Å². The molecule has 0 fully saturated rings. The van der Waals surface area contributed by atoms with Crippen LogP contribution in [0.25, 0.3) is 0 Å². The number of amides is 1. The summed E-state index contributed by atoms with van der Waals surface area (Å²) < 4.78 is 0. The fourth-order valence-corrected chi connectivity index (χ4v) is 1.97. The first-order chi connectivity index (χ1) is 7.19. The average molecular weight is 222 g/mol. The Morgan fingerprint density at radius 3 is 2.93 bits per heavy atom. The number of hydrogen-bond donors (Lipinski definition) is 0. The minimum absolute atomic E-state index is 0.0228. The largest absolute Gasteiger partial charge is 0.337 e. The Morgan fingerprint density at radius 2 is 2.47 bits per heavy atom. The Morgan fingerprint density at radius 1 is 1.73 bits per heavy atom. The van der Waals surface area contributed by atoms with E-state index in [9.17, 15) is 4.79 Å². The van der Waals surface area contributed by atoms with E-state index in [-0.39, 0.29) is 11.8 Å². The predicted octanol–water partition coefficient (Wildman–Crippen LogP) is 2.37. The molecule has 0 aliphatic heterocycles. The van der Waals surface area contributed by atoms with E-state index in [1.807, 2.05) is 31.4 Å². The second-order valence-corrected chi connectivity index (χ2v) is 4.30. The zero-order chi connectivity index (χ0) is 11.3. The lowest BCUT2D eigenvalue weighted by Gasteiger charge is -2.21. The van der Waals surface area contributed by atoms with Crippen molar-refractivity contribution in [2.24, 2.45) is 5.92 Å². The number of thiophene rings is 1. The number of carbonyl (C=O) groups is 1. The van der Waals surface area contributed by atoms with Gasteiger partial charge >= 0.3 is 0 Å². The molecule has 1 aromatic heterocycles. The van der Waals surface area contributed by atoms with Crippen molar-refractivity contribution in [3.63, 3.8) is 0 Å². The summed E-state index contributed by atoms with van der Waals surface area (Å²) in [5.41, 5.74) is 0. The van der Waals surface area contributed by atoms with E-state index in [1.165, 1.54) is 11.3 Å². The van der Waals surface area contributed by atoms with Crippen molar-refractivity contribution in [3.8, 4) is 6.07 Å². The number of nitriles is 1. The maximum absolute atomic E-state index is 11.9. The van der Waals surface area contributed by atoms with Crippen LogP contribution in [-0.2, 0) is 0 Å². The Labute approximate surface area is 93.9 Å². The molecule has 0 saturated heterocycles. The molecule has 15 heavy (non-hydrogen) atoms. The summed E-state index contributed by atoms with van der Waals surface area (Å²) in [7, 11) is 0. The third kappa shape index (κ3) is 3.07. The molecule has 0 saturated carbocycles. The summed E-state index contributed by atoms with van der Waals surface area (Å²) in [4.78, 5) is 14.4. The Kier molecular flexibility index (Phi) is 4.32. The van der Waals surface area contributed by atoms with E-state index >= 15 is 0 Å². The highest BCUT2D eigenvalue weighted by molar-refractivity contribution is 7.12. The number of rotatable bonds is 4. The van der Waals surface area contributed by atoms with Gasteiger partial charge in [0.1, 0.15) is 0 Å². The second-order valence-electron chi connectivity index (χ2n) is 3.35. The van der Waals surface area contributed by atoms with Gasteiger partial charge in [-0.25, -0.2) is 0 Å². The molecule has 0 N–H and O–H groups in total. The highest BCUT2D eigenvalue weighted by atomic mass is 32.1. The number of carbonyl (C=O) groups excluding carboxylic acids is 1. The van der Waals surface area contributed by atoms with Gasteiger partial charge in [0.25, 0.3) is 5.91 Å². The fraction of sp³-hybridized carbons (Fsp3) is 0.455. The van der Waals surface area contributed by atoms with Crippen molar-refractivity contribution in [1.82, 2.24) is 4.90 Å². The zero-order valence-electron chi connectivity index (χ0n) is 8.93. The monoisotopic (exact) mass is 222 g/mol. The maximum atomic E-state index is 11.9. The predicted molar refractivity (Wildman–Crippen MR) is 60.7 cm³/mol. The van der Waals surface area contributed by atoms with Gasteiger partial charge in [-0.3, -0.25) is 4.79 Å². The number of hydrogen-bond acceptors (Lipinski definition) is 3. The molecule has 80 valence electrons. The van der Waals surface area contributed by atoms with E-state index in [1.54, 1.807) is 4.90 Å². The van der Waals surface area contributed by atoms with Crippen LogP contribution in [0.5, 0.6) is 0 Å². The topological polar surface area (TPSA) is 44.1 Å². The van der Waals surface area contributed by atoms with Crippen LogP contribution in [0.2, 0.25) is 0 Å². The molecule has 0 radical (unpaired) electrons. The summed E-state index contributed by atoms with van der Waals surface area (Å²) in [6.07, 6.45) is 0. The van der Waals surface area contributed by atoms with Gasteiger partial charge in [0.15, 0.2) is 0 Å². The Hall–Kier alpha value is -1.34. The molecule has 0 bridgehead atoms. The molecule has 1 amide bonds. The van der Waals surface area contributed by atoms with E-state index in [0.717, 1.165) is 4.88 Å². The minimum atomic E-state index is -0.117. The summed E-state index contributed by atoms with van der Waals surface area (Å²) in [6.45, 7) is 4.90. The Balaban J connectivity index is 2.68. The van der Waals surface area contributed by atoms with Gasteiger partial charge < -0.3 is 4.90 Å². The van der Waals surface area contributed by atoms with Crippen molar-refractivity contribution in [3.05, 3.63) is 22.4 Å². The molecular formula is C11H14N2OS. The van der Waals surface area contributed by atoms with Crippen LogP contribution in [0.1, 0.15) is 23.5 Å². The molecule has 0 aliphatic rings. The quantitative estimate of drug-likeness (QED) is 0.785. The van der Waals surface area contributed by atoms with E-state index in [0.29, 0.717) is 13.1 Å². The normalized spacial score (nSPS) is 11.8. The Bertz CT molecular complexity index is 353. The first kappa shape index (κ1) is 11.7. The molecule has 1 heterocycles. The van der Waals surface area contributed by atoms with E-state index < -0.39 is 0 Å². The first-order valence-electron chi connectivity index (χ1n) is 4.91. The van der Waals surface area contributed by atoms with Gasteiger partial charge in [0.2, 0.25) is 0 Å². The van der Waals surface area contributed by atoms with Crippen LogP contribution in [0.15, 0.2) is 17.5 Å². The highest BCUT2D eigenvalue weighted by Crippen LogP contribution is 2.12. The summed E-state index contributed by atoms with van der Waals surface area (Å²) in [5.74, 6) is -0.0940. The van der Waals surface area contributed by atoms with E-state index in [2.05, 4.69) is 6.07 Å². The molecule has 0 spiro atoms. The molecule has 0 aliphatic carbocycles. The maximum Gasteiger partial charge on any atom is 0.263 e. The van der Waals surface area contributed by atoms with Gasteiger partial charge in [-0.1, -0.05) is 6.07 Å². The fourth-order valence-electron chi connectivity index (χ4n) is 1.28. The molecule has 3 nitrogen and oxygen atoms in total. The lowest BCUT2D eigenvalue weighted by Crippen LogP contribution is -2.33. The van der Waals surface area contributed by atoms with Gasteiger partial charge in [-0.2, -0.15) is 5.26 Å². The summed E-state index contributed by atoms with van der Waals surface area (Å²) in [5, 5.41) is 10.6. The van der Waals surface area contributed by atoms with Crippen LogP contribution in [0.4, 0.5) is 0 Å². The molecule has 1 atom stereocenters. The van der Waals surface area contributed by atoms with Gasteiger partial charge in [0.05, 0.1) is 16.9 Å². The molecule has 1 rings (SSSR count). The third-order valence-corrected chi connectivity index (χ3v) is 2.97. The smallest absolute Gasteiger partial charge is 0.263 e. The van der Waals surface area contributed by atoms with Crippen molar-refractivity contribution >= 4 is 17.2 Å². The van der Waals surface area contributed by atoms with Gasteiger partial charge in [0, 0.05) is 13.1 Å². The average Bonchev–Trinajstić information content (AvgIpc) is 2.77. The third-order valence-electron chi connectivity index (χ3n) is 2.12. The molecule has 1 unspecified atom stereocenters. The van der Waals surface area contributed by atoms with Crippen LogP contribution in [-0.4, -0.2) is 23.9 Å². The van der Waals surface area contributed by atoms with E-state index in [4.69, 9.17) is 5.26 Å². The van der Waals surface area contributed by atoms with Crippen molar-refractivity contribution in [2.75, 3.05) is 13.1 Å². The van der Waals surface area contributed by atoms with Gasteiger partial charge in [-0.05, 0) is 25.3 Å². The minimum Gasteiger partial charge on any atom is -0.337 e. The molecule has 4 heteroatoms.